The first-order valence-electron chi connectivity index (χ1n) is 10.5. The van der Waals surface area contributed by atoms with Gasteiger partial charge in [-0.25, -0.2) is 4.79 Å². The first kappa shape index (κ1) is 23.5. The summed E-state index contributed by atoms with van der Waals surface area (Å²) in [6.07, 6.45) is 3.03. The first-order chi connectivity index (χ1) is 16.0. The number of nitrogens with zero attached hydrogens (tertiary/aromatic N) is 1. The molecule has 2 aromatic carbocycles. The predicted octanol–water partition coefficient (Wildman–Crippen LogP) is 2.43. The highest BCUT2D eigenvalue weighted by Gasteiger charge is 2.39. The minimum Gasteiger partial charge on any atom is -0.497 e. The van der Waals surface area contributed by atoms with Crippen molar-refractivity contribution in [2.24, 2.45) is 0 Å². The van der Waals surface area contributed by atoms with Crippen molar-refractivity contribution in [1.29, 1.82) is 0 Å². The van der Waals surface area contributed by atoms with Crippen LogP contribution in [0.3, 0.4) is 0 Å². The molecule has 9 heteroatoms. The van der Waals surface area contributed by atoms with Gasteiger partial charge in [0.15, 0.2) is 0 Å². The minimum absolute atomic E-state index is 0.105. The lowest BCUT2D eigenvalue weighted by atomic mass is 10.0. The van der Waals surface area contributed by atoms with Crippen molar-refractivity contribution >= 4 is 23.8 Å². The van der Waals surface area contributed by atoms with Crippen LogP contribution >= 0.6 is 0 Å². The average Bonchev–Trinajstić information content (AvgIpc) is 3.08. The standard InChI is InChI=1S/C15H15N3O5.C6H6.C3H4O/c19-12-4-3-11(13(20)17-12)18-7-9-2-1-8(6-16-15(22)23)5-10(9)14(18)21;1-2-4-6-5-3-1;1-2-4-3-1/h1-2,5,11,16H,3-4,6-7H2,(H,22,23)(H,17,19,20);1-6H;1-2H,3H2. The Morgan fingerprint density at radius 1 is 1.12 bits per heavy atom. The second-order valence-corrected chi connectivity index (χ2v) is 7.41. The molecule has 3 aliphatic heterocycles. The van der Waals surface area contributed by atoms with Crippen molar-refractivity contribution < 1.29 is 29.0 Å². The SMILES string of the molecule is C1=COC1.O=C(O)NCc1ccc2c(c1)C(=O)N(C1CCC(=O)NC1=O)C2.c1ccccc1. The van der Waals surface area contributed by atoms with E-state index in [0.29, 0.717) is 24.1 Å². The van der Waals surface area contributed by atoms with Gasteiger partial charge < -0.3 is 20.1 Å². The number of carbonyl (C=O) groups is 4. The molecular weight excluding hydrogens is 426 g/mol. The molecule has 0 saturated carbocycles. The topological polar surface area (TPSA) is 125 Å². The Bertz CT molecular complexity index is 1010. The third kappa shape index (κ3) is 6.67. The predicted molar refractivity (Wildman–Crippen MR) is 119 cm³/mol. The molecule has 172 valence electrons. The van der Waals surface area contributed by atoms with Crippen molar-refractivity contribution in [2.45, 2.75) is 32.0 Å². The summed E-state index contributed by atoms with van der Waals surface area (Å²) >= 11 is 0. The van der Waals surface area contributed by atoms with E-state index in [1.807, 2.05) is 42.5 Å². The van der Waals surface area contributed by atoms with E-state index in [9.17, 15) is 19.2 Å². The van der Waals surface area contributed by atoms with Gasteiger partial charge in [-0.3, -0.25) is 19.7 Å². The Kier molecular flexibility index (Phi) is 8.18. The lowest BCUT2D eigenvalue weighted by Crippen LogP contribution is -2.52. The van der Waals surface area contributed by atoms with E-state index in [0.717, 1.165) is 12.2 Å². The van der Waals surface area contributed by atoms with Crippen LogP contribution in [0.1, 0.15) is 34.3 Å². The molecule has 0 bridgehead atoms. The zero-order valence-electron chi connectivity index (χ0n) is 17.9. The zero-order chi connectivity index (χ0) is 23.6. The Labute approximate surface area is 191 Å². The van der Waals surface area contributed by atoms with Crippen molar-refractivity contribution in [3.8, 4) is 0 Å². The minimum atomic E-state index is -1.14. The lowest BCUT2D eigenvalue weighted by Gasteiger charge is -2.29. The number of hydrogen-bond donors (Lipinski definition) is 3. The van der Waals surface area contributed by atoms with Crippen molar-refractivity contribution in [3.63, 3.8) is 0 Å². The van der Waals surface area contributed by atoms with E-state index in [1.54, 1.807) is 24.5 Å². The molecule has 0 radical (unpaired) electrons. The van der Waals surface area contributed by atoms with E-state index in [2.05, 4.69) is 15.4 Å². The third-order valence-electron chi connectivity index (χ3n) is 5.09. The van der Waals surface area contributed by atoms with Crippen LogP contribution in [0, 0.1) is 0 Å². The normalized spacial score (nSPS) is 17.8. The largest absolute Gasteiger partial charge is 0.497 e. The molecular formula is C24H25N3O6. The van der Waals surface area contributed by atoms with Gasteiger partial charge in [0.2, 0.25) is 11.8 Å². The summed E-state index contributed by atoms with van der Waals surface area (Å²) < 4.78 is 4.54. The van der Waals surface area contributed by atoms with Crippen LogP contribution in [-0.2, 0) is 27.4 Å². The van der Waals surface area contributed by atoms with Crippen LogP contribution < -0.4 is 10.6 Å². The Balaban J connectivity index is 0.000000250. The fourth-order valence-corrected chi connectivity index (χ4v) is 3.37. The smallest absolute Gasteiger partial charge is 0.404 e. The van der Waals surface area contributed by atoms with Crippen LogP contribution in [-0.4, -0.2) is 46.5 Å². The molecule has 1 atom stereocenters. The second-order valence-electron chi connectivity index (χ2n) is 7.41. The molecule has 0 aromatic heterocycles. The number of carbonyl (C=O) groups excluding carboxylic acids is 3. The molecule has 33 heavy (non-hydrogen) atoms. The summed E-state index contributed by atoms with van der Waals surface area (Å²) in [6.45, 7) is 1.24. The Morgan fingerprint density at radius 3 is 2.24 bits per heavy atom. The van der Waals surface area contributed by atoms with E-state index in [-0.39, 0.29) is 24.8 Å². The average molecular weight is 451 g/mol. The molecule has 3 N–H and O–H groups in total. The summed E-state index contributed by atoms with van der Waals surface area (Å²) in [5, 5.41) is 13.1. The fourth-order valence-electron chi connectivity index (χ4n) is 3.37. The van der Waals surface area contributed by atoms with E-state index < -0.39 is 18.0 Å². The monoisotopic (exact) mass is 451 g/mol. The number of fused-ring (bicyclic) bond motifs is 1. The summed E-state index contributed by atoms with van der Waals surface area (Å²) in [5.74, 6) is -1.04. The molecule has 0 spiro atoms. The maximum absolute atomic E-state index is 12.5. The molecule has 1 unspecified atom stereocenters. The number of benzene rings is 2. The van der Waals surface area contributed by atoms with Crippen molar-refractivity contribution in [2.75, 3.05) is 6.61 Å². The quantitative estimate of drug-likeness (QED) is 0.616. The Hall–Kier alpha value is -4.14. The highest BCUT2D eigenvalue weighted by Crippen LogP contribution is 2.28. The number of rotatable bonds is 3. The van der Waals surface area contributed by atoms with E-state index >= 15 is 0 Å². The maximum Gasteiger partial charge on any atom is 0.404 e. The number of ether oxygens (including phenoxy) is 1. The van der Waals surface area contributed by atoms with Gasteiger partial charge in [-0.2, -0.15) is 0 Å². The highest BCUT2D eigenvalue weighted by molar-refractivity contribution is 6.05. The lowest BCUT2D eigenvalue weighted by molar-refractivity contribution is -0.136. The zero-order valence-corrected chi connectivity index (χ0v) is 17.9. The molecule has 2 aromatic rings. The first-order valence-corrected chi connectivity index (χ1v) is 10.5. The molecule has 3 heterocycles. The maximum atomic E-state index is 12.5. The van der Waals surface area contributed by atoms with Crippen molar-refractivity contribution in [1.82, 2.24) is 15.5 Å². The number of hydrogen-bond acceptors (Lipinski definition) is 5. The molecule has 9 nitrogen and oxygen atoms in total. The van der Waals surface area contributed by atoms with Gasteiger partial charge in [-0.05, 0) is 29.7 Å². The molecule has 1 saturated heterocycles. The number of imide groups is 1. The summed E-state index contributed by atoms with van der Waals surface area (Å²) in [4.78, 5) is 47.7. The molecule has 4 amide bonds. The number of carboxylic acid groups (broad SMARTS) is 1. The van der Waals surface area contributed by atoms with Gasteiger partial charge in [0, 0.05) is 25.1 Å². The van der Waals surface area contributed by atoms with Gasteiger partial charge in [-0.15, -0.1) is 0 Å². The van der Waals surface area contributed by atoms with Gasteiger partial charge in [0.1, 0.15) is 12.6 Å². The van der Waals surface area contributed by atoms with Crippen LogP contribution in [0.2, 0.25) is 0 Å². The van der Waals surface area contributed by atoms with Crippen LogP contribution in [0.5, 0.6) is 0 Å². The number of nitrogens with one attached hydrogen (secondary N) is 2. The molecule has 1 fully saturated rings. The second kappa shape index (κ2) is 11.5. The third-order valence-corrected chi connectivity index (χ3v) is 5.09. The van der Waals surface area contributed by atoms with Crippen molar-refractivity contribution in [3.05, 3.63) is 83.6 Å². The van der Waals surface area contributed by atoms with Gasteiger partial charge >= 0.3 is 6.09 Å². The summed E-state index contributed by atoms with van der Waals surface area (Å²) in [6, 6.07) is 16.5. The summed E-state index contributed by atoms with van der Waals surface area (Å²) in [7, 11) is 0. The fraction of sp³-hybridized carbons (Fsp3) is 0.250. The van der Waals surface area contributed by atoms with Crippen LogP contribution in [0.4, 0.5) is 4.79 Å². The molecule has 0 aliphatic carbocycles. The van der Waals surface area contributed by atoms with E-state index in [4.69, 9.17) is 5.11 Å². The Morgan fingerprint density at radius 2 is 1.73 bits per heavy atom. The van der Waals surface area contributed by atoms with Gasteiger partial charge in [0.25, 0.3) is 5.91 Å². The van der Waals surface area contributed by atoms with Gasteiger partial charge in [0.05, 0.1) is 6.26 Å². The van der Waals surface area contributed by atoms with Crippen LogP contribution in [0.25, 0.3) is 0 Å². The summed E-state index contributed by atoms with van der Waals surface area (Å²) in [5.41, 5.74) is 1.93. The highest BCUT2D eigenvalue weighted by atomic mass is 16.5. The van der Waals surface area contributed by atoms with Gasteiger partial charge in [-0.1, -0.05) is 48.5 Å². The molecule has 5 rings (SSSR count). The number of amides is 4. The van der Waals surface area contributed by atoms with E-state index in [1.165, 1.54) is 4.90 Å². The number of piperidine rings is 1. The molecule has 3 aliphatic rings. The van der Waals surface area contributed by atoms with Crippen LogP contribution in [0.15, 0.2) is 66.9 Å².